The minimum Gasteiger partial charge on any atom is -0.508 e. The Bertz CT molecular complexity index is 273. The summed E-state index contributed by atoms with van der Waals surface area (Å²) >= 11 is 0. The van der Waals surface area contributed by atoms with E-state index >= 15 is 0 Å². The smallest absolute Gasteiger partial charge is 0.492 e. The fourth-order valence-electron chi connectivity index (χ4n) is 1.03. The summed E-state index contributed by atoms with van der Waals surface area (Å²) in [6, 6.07) is 4.81. The highest BCUT2D eigenvalue weighted by molar-refractivity contribution is 6.59. The van der Waals surface area contributed by atoms with Gasteiger partial charge in [-0.1, -0.05) is 19.1 Å². The van der Waals surface area contributed by atoms with Gasteiger partial charge in [0.15, 0.2) is 0 Å². The molecule has 0 aliphatic rings. The van der Waals surface area contributed by atoms with Gasteiger partial charge in [-0.2, -0.15) is 0 Å². The topological polar surface area (TPSA) is 60.7 Å². The number of phenols is 1. The van der Waals surface area contributed by atoms with E-state index in [1.807, 2.05) is 6.92 Å². The van der Waals surface area contributed by atoms with Crippen LogP contribution in [0.25, 0.3) is 0 Å². The third-order valence-electron chi connectivity index (χ3n) is 1.78. The zero-order chi connectivity index (χ0) is 9.14. The summed E-state index contributed by atoms with van der Waals surface area (Å²) in [5.41, 5.74) is 1.11. The Morgan fingerprint density at radius 2 is 2.00 bits per heavy atom. The van der Waals surface area contributed by atoms with Crippen molar-refractivity contribution in [2.24, 2.45) is 0 Å². The average molecular weight is 166 g/mol. The molecule has 0 fully saturated rings. The lowest BCUT2D eigenvalue weighted by molar-refractivity contribution is 0.419. The first kappa shape index (κ1) is 9.10. The van der Waals surface area contributed by atoms with E-state index in [0.717, 1.165) is 12.0 Å². The van der Waals surface area contributed by atoms with Gasteiger partial charge in [-0.25, -0.2) is 0 Å². The van der Waals surface area contributed by atoms with E-state index in [2.05, 4.69) is 0 Å². The lowest BCUT2D eigenvalue weighted by Gasteiger charge is -2.04. The first-order chi connectivity index (χ1) is 5.65. The van der Waals surface area contributed by atoms with Gasteiger partial charge in [0.2, 0.25) is 0 Å². The quantitative estimate of drug-likeness (QED) is 0.525. The van der Waals surface area contributed by atoms with Crippen LogP contribution in [0.2, 0.25) is 0 Å². The third-order valence-corrected chi connectivity index (χ3v) is 1.78. The van der Waals surface area contributed by atoms with Crippen molar-refractivity contribution in [1.29, 1.82) is 0 Å². The van der Waals surface area contributed by atoms with Gasteiger partial charge in [0.05, 0.1) is 0 Å². The molecule has 0 aromatic heterocycles. The maximum Gasteiger partial charge on any atom is 0.492 e. The predicted octanol–water partition coefficient (Wildman–Crippen LogP) is -0.366. The van der Waals surface area contributed by atoms with Crippen molar-refractivity contribution in [3.05, 3.63) is 23.8 Å². The van der Waals surface area contributed by atoms with E-state index in [4.69, 9.17) is 10.0 Å². The van der Waals surface area contributed by atoms with Crippen LogP contribution in [-0.2, 0) is 6.42 Å². The number of hydrogen-bond donors (Lipinski definition) is 3. The average Bonchev–Trinajstić information content (AvgIpc) is 2.03. The standard InChI is InChI=1S/C8H11BO3/c1-2-6-3-4-7(9(11)12)8(10)5-6/h3-5,10-12H,2H2,1H3. The van der Waals surface area contributed by atoms with Crippen molar-refractivity contribution in [1.82, 2.24) is 0 Å². The van der Waals surface area contributed by atoms with Gasteiger partial charge in [-0.3, -0.25) is 0 Å². The number of aromatic hydroxyl groups is 1. The molecular weight excluding hydrogens is 155 g/mol. The van der Waals surface area contributed by atoms with E-state index in [1.54, 1.807) is 6.07 Å². The first-order valence-corrected chi connectivity index (χ1v) is 3.83. The van der Waals surface area contributed by atoms with Crippen molar-refractivity contribution < 1.29 is 15.2 Å². The number of phenolic OH excluding ortho intramolecular Hbond substituents is 1. The molecule has 0 unspecified atom stereocenters. The largest absolute Gasteiger partial charge is 0.508 e. The van der Waals surface area contributed by atoms with Crippen LogP contribution >= 0.6 is 0 Å². The highest BCUT2D eigenvalue weighted by atomic mass is 16.4. The van der Waals surface area contributed by atoms with E-state index in [-0.39, 0.29) is 11.2 Å². The fourth-order valence-corrected chi connectivity index (χ4v) is 1.03. The van der Waals surface area contributed by atoms with Crippen molar-refractivity contribution >= 4 is 12.6 Å². The maximum absolute atomic E-state index is 9.27. The third kappa shape index (κ3) is 1.78. The molecule has 3 N–H and O–H groups in total. The van der Waals surface area contributed by atoms with Crippen molar-refractivity contribution in [2.45, 2.75) is 13.3 Å². The lowest BCUT2D eigenvalue weighted by Crippen LogP contribution is -2.29. The van der Waals surface area contributed by atoms with E-state index < -0.39 is 7.12 Å². The molecule has 4 heteroatoms. The van der Waals surface area contributed by atoms with E-state index in [0.29, 0.717) is 0 Å². The molecule has 0 aliphatic carbocycles. The van der Waals surface area contributed by atoms with Gasteiger partial charge >= 0.3 is 7.12 Å². The lowest BCUT2D eigenvalue weighted by atomic mass is 9.79. The Kier molecular flexibility index (Phi) is 2.73. The van der Waals surface area contributed by atoms with Gasteiger partial charge in [0.25, 0.3) is 0 Å². The molecule has 0 heterocycles. The van der Waals surface area contributed by atoms with Crippen molar-refractivity contribution in [3.8, 4) is 5.75 Å². The molecule has 1 rings (SSSR count). The van der Waals surface area contributed by atoms with E-state index in [1.165, 1.54) is 12.1 Å². The summed E-state index contributed by atoms with van der Waals surface area (Å²) in [5, 5.41) is 26.8. The first-order valence-electron chi connectivity index (χ1n) is 3.83. The Morgan fingerprint density at radius 1 is 1.33 bits per heavy atom. The molecule has 3 nitrogen and oxygen atoms in total. The minimum absolute atomic E-state index is 0.0654. The molecular formula is C8H11BO3. The summed E-state index contributed by atoms with van der Waals surface area (Å²) in [7, 11) is -1.60. The summed E-state index contributed by atoms with van der Waals surface area (Å²) in [6.45, 7) is 1.96. The molecule has 0 saturated carbocycles. The molecule has 0 spiro atoms. The van der Waals surface area contributed by atoms with Crippen LogP contribution in [0.1, 0.15) is 12.5 Å². The van der Waals surface area contributed by atoms with Crippen LogP contribution < -0.4 is 5.46 Å². The summed E-state index contributed by atoms with van der Waals surface area (Å²) in [6.07, 6.45) is 0.815. The SMILES string of the molecule is CCc1ccc(B(O)O)c(O)c1. The molecule has 0 bridgehead atoms. The van der Waals surface area contributed by atoms with Crippen molar-refractivity contribution in [2.75, 3.05) is 0 Å². The van der Waals surface area contributed by atoms with Gasteiger partial charge in [-0.15, -0.1) is 0 Å². The van der Waals surface area contributed by atoms with Crippen LogP contribution in [-0.4, -0.2) is 22.3 Å². The molecule has 0 aliphatic heterocycles. The number of aryl methyl sites for hydroxylation is 1. The molecule has 64 valence electrons. The second-order valence-corrected chi connectivity index (χ2v) is 2.62. The maximum atomic E-state index is 9.27. The summed E-state index contributed by atoms with van der Waals surface area (Å²) in [5.74, 6) is -0.0654. The van der Waals surface area contributed by atoms with Crippen LogP contribution in [0, 0.1) is 0 Å². The predicted molar refractivity (Wildman–Crippen MR) is 47.3 cm³/mol. The Morgan fingerprint density at radius 3 is 2.42 bits per heavy atom. The Labute approximate surface area is 71.4 Å². The minimum atomic E-state index is -1.60. The summed E-state index contributed by atoms with van der Waals surface area (Å²) < 4.78 is 0. The molecule has 0 amide bonds. The second kappa shape index (κ2) is 3.60. The van der Waals surface area contributed by atoms with Gasteiger partial charge in [-0.05, 0) is 18.1 Å². The molecule has 12 heavy (non-hydrogen) atoms. The highest BCUT2D eigenvalue weighted by Crippen LogP contribution is 2.09. The molecule has 0 radical (unpaired) electrons. The molecule has 1 aromatic rings. The molecule has 1 aromatic carbocycles. The van der Waals surface area contributed by atoms with Crippen molar-refractivity contribution in [3.63, 3.8) is 0 Å². The van der Waals surface area contributed by atoms with Crippen LogP contribution in [0.5, 0.6) is 5.75 Å². The fraction of sp³-hybridized carbons (Fsp3) is 0.250. The Hall–Kier alpha value is -0.995. The Balaban J connectivity index is 3.03. The van der Waals surface area contributed by atoms with Crippen LogP contribution in [0.4, 0.5) is 0 Å². The second-order valence-electron chi connectivity index (χ2n) is 2.62. The normalized spacial score (nSPS) is 9.92. The molecule has 0 saturated heterocycles. The monoisotopic (exact) mass is 166 g/mol. The highest BCUT2D eigenvalue weighted by Gasteiger charge is 2.15. The molecule has 0 atom stereocenters. The van der Waals surface area contributed by atoms with Gasteiger partial charge in [0, 0.05) is 5.46 Å². The summed E-state index contributed by atoms with van der Waals surface area (Å²) in [4.78, 5) is 0. The zero-order valence-electron chi connectivity index (χ0n) is 6.86. The number of hydrogen-bond acceptors (Lipinski definition) is 3. The zero-order valence-corrected chi connectivity index (χ0v) is 6.86. The van der Waals surface area contributed by atoms with Gasteiger partial charge in [0.1, 0.15) is 5.75 Å². The number of benzene rings is 1. The number of rotatable bonds is 2. The van der Waals surface area contributed by atoms with E-state index in [9.17, 15) is 5.11 Å². The van der Waals surface area contributed by atoms with Gasteiger partial charge < -0.3 is 15.2 Å². The van der Waals surface area contributed by atoms with Crippen LogP contribution in [0.3, 0.4) is 0 Å². The van der Waals surface area contributed by atoms with Crippen LogP contribution in [0.15, 0.2) is 18.2 Å².